The van der Waals surface area contributed by atoms with Gasteiger partial charge in [0.25, 0.3) is 5.91 Å². The number of amides is 1. The second-order valence-corrected chi connectivity index (χ2v) is 4.36. The second kappa shape index (κ2) is 8.14. The Kier molecular flexibility index (Phi) is 6.49. The van der Waals surface area contributed by atoms with Crippen LogP contribution in [0.15, 0.2) is 24.3 Å². The maximum atomic E-state index is 12.9. The van der Waals surface area contributed by atoms with Gasteiger partial charge in [-0.25, -0.2) is 4.39 Å². The summed E-state index contributed by atoms with van der Waals surface area (Å²) < 4.78 is 18.2. The van der Waals surface area contributed by atoms with Gasteiger partial charge in [0, 0.05) is 19.0 Å². The van der Waals surface area contributed by atoms with Gasteiger partial charge in [-0.05, 0) is 31.9 Å². The van der Waals surface area contributed by atoms with Crippen molar-refractivity contribution >= 4 is 11.9 Å². The molecule has 110 valence electrons. The van der Waals surface area contributed by atoms with E-state index in [1.165, 1.54) is 18.2 Å². The monoisotopic (exact) mass is 283 g/mol. The number of hydrogen-bond acceptors (Lipinski definition) is 3. The van der Waals surface area contributed by atoms with Crippen molar-refractivity contribution in [2.75, 3.05) is 6.54 Å². The summed E-state index contributed by atoms with van der Waals surface area (Å²) in [5.41, 5.74) is 0. The van der Waals surface area contributed by atoms with E-state index in [2.05, 4.69) is 5.32 Å². The van der Waals surface area contributed by atoms with Crippen molar-refractivity contribution in [3.8, 4) is 5.75 Å². The van der Waals surface area contributed by atoms with Gasteiger partial charge < -0.3 is 15.2 Å². The van der Waals surface area contributed by atoms with Crippen LogP contribution in [0.4, 0.5) is 4.39 Å². The summed E-state index contributed by atoms with van der Waals surface area (Å²) in [6.45, 7) is 1.96. The fourth-order valence-electron chi connectivity index (χ4n) is 1.55. The first kappa shape index (κ1) is 15.9. The Morgan fingerprint density at radius 2 is 2.15 bits per heavy atom. The summed E-state index contributed by atoms with van der Waals surface area (Å²) >= 11 is 0. The molecule has 0 spiro atoms. The Morgan fingerprint density at radius 3 is 2.80 bits per heavy atom. The molecule has 0 bridgehead atoms. The smallest absolute Gasteiger partial charge is 0.303 e. The van der Waals surface area contributed by atoms with Gasteiger partial charge in [-0.1, -0.05) is 6.07 Å². The summed E-state index contributed by atoms with van der Waals surface area (Å²) in [4.78, 5) is 22.0. The van der Waals surface area contributed by atoms with Crippen LogP contribution in [0.25, 0.3) is 0 Å². The van der Waals surface area contributed by atoms with Gasteiger partial charge in [-0.15, -0.1) is 0 Å². The lowest BCUT2D eigenvalue weighted by Crippen LogP contribution is -2.36. The standard InChI is InChI=1S/C14H18FNO4/c1-10(20-12-6-4-5-11(15)9-12)14(19)16-8-3-2-7-13(17)18/h4-6,9-10H,2-3,7-8H2,1H3,(H,16,19)(H,17,18). The first-order valence-corrected chi connectivity index (χ1v) is 6.41. The van der Waals surface area contributed by atoms with Gasteiger partial charge in [-0.2, -0.15) is 0 Å². The van der Waals surface area contributed by atoms with Crippen molar-refractivity contribution in [3.63, 3.8) is 0 Å². The zero-order valence-corrected chi connectivity index (χ0v) is 11.3. The van der Waals surface area contributed by atoms with Crippen molar-refractivity contribution in [1.82, 2.24) is 5.32 Å². The molecule has 0 heterocycles. The zero-order chi connectivity index (χ0) is 15.0. The maximum absolute atomic E-state index is 12.9. The molecule has 0 aromatic heterocycles. The van der Waals surface area contributed by atoms with Crippen molar-refractivity contribution in [2.45, 2.75) is 32.3 Å². The highest BCUT2D eigenvalue weighted by atomic mass is 19.1. The fraction of sp³-hybridized carbons (Fsp3) is 0.429. The van der Waals surface area contributed by atoms with Crippen LogP contribution in [-0.4, -0.2) is 29.6 Å². The predicted octanol–water partition coefficient (Wildman–Crippen LogP) is 1.96. The molecule has 1 atom stereocenters. The minimum Gasteiger partial charge on any atom is -0.481 e. The molecule has 0 fully saturated rings. The summed E-state index contributed by atoms with van der Waals surface area (Å²) in [7, 11) is 0. The molecule has 6 heteroatoms. The Bertz CT molecular complexity index is 464. The summed E-state index contributed by atoms with van der Waals surface area (Å²) in [5.74, 6) is -1.30. The van der Waals surface area contributed by atoms with Crippen LogP contribution in [0.5, 0.6) is 5.75 Å². The number of carboxylic acid groups (broad SMARTS) is 1. The van der Waals surface area contributed by atoms with Gasteiger partial charge in [-0.3, -0.25) is 9.59 Å². The highest BCUT2D eigenvalue weighted by molar-refractivity contribution is 5.80. The summed E-state index contributed by atoms with van der Waals surface area (Å²) in [5, 5.41) is 11.1. The molecule has 0 radical (unpaired) electrons. The quantitative estimate of drug-likeness (QED) is 0.715. The number of rotatable bonds is 8. The van der Waals surface area contributed by atoms with Crippen LogP contribution in [0.3, 0.4) is 0 Å². The van der Waals surface area contributed by atoms with Crippen molar-refractivity contribution < 1.29 is 23.8 Å². The van der Waals surface area contributed by atoms with Crippen LogP contribution in [0, 0.1) is 5.82 Å². The van der Waals surface area contributed by atoms with Gasteiger partial charge in [0.2, 0.25) is 0 Å². The molecule has 1 aromatic rings. The number of ether oxygens (including phenoxy) is 1. The number of carboxylic acids is 1. The molecule has 5 nitrogen and oxygen atoms in total. The lowest BCUT2D eigenvalue weighted by Gasteiger charge is -2.14. The number of aliphatic carboxylic acids is 1. The number of carbonyl (C=O) groups is 2. The summed E-state index contributed by atoms with van der Waals surface area (Å²) in [6, 6.07) is 5.57. The van der Waals surface area contributed by atoms with Crippen molar-refractivity contribution in [3.05, 3.63) is 30.1 Å². The third kappa shape index (κ3) is 6.17. The van der Waals surface area contributed by atoms with E-state index in [1.807, 2.05) is 0 Å². The van der Waals surface area contributed by atoms with Crippen molar-refractivity contribution in [2.24, 2.45) is 0 Å². The minimum absolute atomic E-state index is 0.0885. The molecular formula is C14H18FNO4. The van der Waals surface area contributed by atoms with Gasteiger partial charge >= 0.3 is 5.97 Å². The SMILES string of the molecule is CC(Oc1cccc(F)c1)C(=O)NCCCCC(=O)O. The van der Waals surface area contributed by atoms with Crippen LogP contribution in [0.1, 0.15) is 26.2 Å². The molecule has 0 saturated heterocycles. The number of halogens is 1. The molecule has 2 N–H and O–H groups in total. The number of benzene rings is 1. The largest absolute Gasteiger partial charge is 0.481 e. The Labute approximate surface area is 116 Å². The van der Waals surface area contributed by atoms with Gasteiger partial charge in [0.05, 0.1) is 0 Å². The first-order valence-electron chi connectivity index (χ1n) is 6.41. The summed E-state index contributed by atoms with van der Waals surface area (Å²) in [6.07, 6.45) is 0.446. The molecule has 0 aliphatic heterocycles. The van der Waals surface area contributed by atoms with Gasteiger partial charge in [0.1, 0.15) is 11.6 Å². The Hall–Kier alpha value is -2.11. The van der Waals surface area contributed by atoms with Crippen LogP contribution in [0.2, 0.25) is 0 Å². The van der Waals surface area contributed by atoms with Crippen LogP contribution < -0.4 is 10.1 Å². The maximum Gasteiger partial charge on any atom is 0.303 e. The molecule has 0 aliphatic rings. The predicted molar refractivity (Wildman–Crippen MR) is 71.0 cm³/mol. The molecule has 1 amide bonds. The average Bonchev–Trinajstić information content (AvgIpc) is 2.37. The topological polar surface area (TPSA) is 75.6 Å². The van der Waals surface area contributed by atoms with Crippen molar-refractivity contribution in [1.29, 1.82) is 0 Å². The third-order valence-electron chi connectivity index (χ3n) is 2.59. The van der Waals surface area contributed by atoms with E-state index in [1.54, 1.807) is 13.0 Å². The van der Waals surface area contributed by atoms with Crippen LogP contribution >= 0.6 is 0 Å². The number of nitrogens with one attached hydrogen (secondary N) is 1. The van der Waals surface area contributed by atoms with Gasteiger partial charge in [0.15, 0.2) is 6.10 Å². The van der Waals surface area contributed by atoms with E-state index in [0.29, 0.717) is 25.1 Å². The Balaban J connectivity index is 2.27. The number of hydrogen-bond donors (Lipinski definition) is 2. The zero-order valence-electron chi connectivity index (χ0n) is 11.3. The van der Waals surface area contributed by atoms with E-state index in [0.717, 1.165) is 0 Å². The van der Waals surface area contributed by atoms with E-state index in [-0.39, 0.29) is 12.3 Å². The molecule has 1 rings (SSSR count). The minimum atomic E-state index is -0.848. The number of carbonyl (C=O) groups excluding carboxylic acids is 1. The van der Waals surface area contributed by atoms with Crippen LogP contribution in [-0.2, 0) is 9.59 Å². The molecule has 0 saturated carbocycles. The molecular weight excluding hydrogens is 265 g/mol. The molecule has 20 heavy (non-hydrogen) atoms. The lowest BCUT2D eigenvalue weighted by molar-refractivity contribution is -0.137. The van der Waals surface area contributed by atoms with E-state index >= 15 is 0 Å². The molecule has 0 aliphatic carbocycles. The normalized spacial score (nSPS) is 11.7. The van der Waals surface area contributed by atoms with E-state index in [9.17, 15) is 14.0 Å². The second-order valence-electron chi connectivity index (χ2n) is 4.36. The average molecular weight is 283 g/mol. The highest BCUT2D eigenvalue weighted by Crippen LogP contribution is 2.13. The molecule has 1 unspecified atom stereocenters. The lowest BCUT2D eigenvalue weighted by atomic mass is 10.2. The fourth-order valence-corrected chi connectivity index (χ4v) is 1.55. The first-order chi connectivity index (χ1) is 9.49. The number of unbranched alkanes of at least 4 members (excludes halogenated alkanes) is 1. The van der Waals surface area contributed by atoms with E-state index in [4.69, 9.17) is 9.84 Å². The Morgan fingerprint density at radius 1 is 1.40 bits per heavy atom. The highest BCUT2D eigenvalue weighted by Gasteiger charge is 2.14. The third-order valence-corrected chi connectivity index (χ3v) is 2.59. The van der Waals surface area contributed by atoms with E-state index < -0.39 is 17.9 Å². The molecule has 1 aromatic carbocycles.